The zero-order chi connectivity index (χ0) is 18.7. The summed E-state index contributed by atoms with van der Waals surface area (Å²) in [6, 6.07) is 14.7. The molecule has 1 aromatic heterocycles. The van der Waals surface area contributed by atoms with E-state index in [1.54, 1.807) is 17.4 Å². The number of thiazole rings is 1. The molecule has 1 N–H and O–H groups in total. The maximum absolute atomic E-state index is 13.7. The van der Waals surface area contributed by atoms with Gasteiger partial charge in [-0.2, -0.15) is 0 Å². The van der Waals surface area contributed by atoms with Gasteiger partial charge in [-0.25, -0.2) is 9.37 Å². The van der Waals surface area contributed by atoms with Crippen molar-refractivity contribution in [3.8, 4) is 0 Å². The Kier molecular flexibility index (Phi) is 5.21. The van der Waals surface area contributed by atoms with E-state index in [0.717, 1.165) is 54.6 Å². The molecule has 1 saturated carbocycles. The summed E-state index contributed by atoms with van der Waals surface area (Å²) >= 11 is 1.71. The molecule has 1 aliphatic carbocycles. The standard InChI is InChI=1S/C22H23FN2OS/c23-17-8-5-7-16(15-17)22(12-3-4-13-22)21(26)24-14-6-11-20-25-18-9-1-2-10-19(18)27-20/h1-2,5,7-10,15H,3-4,6,11-14H2,(H,24,26). The number of benzene rings is 2. The summed E-state index contributed by atoms with van der Waals surface area (Å²) in [4.78, 5) is 17.6. The SMILES string of the molecule is O=C(NCCCc1nc2ccccc2s1)C1(c2cccc(F)c2)CCCC1. The quantitative estimate of drug-likeness (QED) is 0.610. The van der Waals surface area contributed by atoms with E-state index in [-0.39, 0.29) is 11.7 Å². The van der Waals surface area contributed by atoms with Gasteiger partial charge in [-0.05, 0) is 49.1 Å². The van der Waals surface area contributed by atoms with Crippen molar-refractivity contribution in [1.29, 1.82) is 0 Å². The number of nitrogens with zero attached hydrogens (tertiary/aromatic N) is 1. The van der Waals surface area contributed by atoms with Crippen LogP contribution in [0.25, 0.3) is 10.2 Å². The van der Waals surface area contributed by atoms with E-state index >= 15 is 0 Å². The number of carbonyl (C=O) groups excluding carboxylic acids is 1. The van der Waals surface area contributed by atoms with Crippen molar-refractivity contribution in [1.82, 2.24) is 10.3 Å². The van der Waals surface area contributed by atoms with Crippen molar-refractivity contribution in [2.24, 2.45) is 0 Å². The van der Waals surface area contributed by atoms with E-state index in [1.807, 2.05) is 24.3 Å². The highest BCUT2D eigenvalue weighted by Gasteiger charge is 2.42. The van der Waals surface area contributed by atoms with Crippen molar-refractivity contribution >= 4 is 27.5 Å². The molecule has 0 bridgehead atoms. The van der Waals surface area contributed by atoms with Crippen LogP contribution in [0.5, 0.6) is 0 Å². The van der Waals surface area contributed by atoms with Crippen molar-refractivity contribution < 1.29 is 9.18 Å². The summed E-state index contributed by atoms with van der Waals surface area (Å²) in [5, 5.41) is 4.21. The number of amides is 1. The van der Waals surface area contributed by atoms with E-state index in [2.05, 4.69) is 16.4 Å². The van der Waals surface area contributed by atoms with Gasteiger partial charge in [-0.15, -0.1) is 11.3 Å². The Morgan fingerprint density at radius 2 is 1.96 bits per heavy atom. The normalized spacial score (nSPS) is 15.9. The predicted octanol–water partition coefficient (Wildman–Crippen LogP) is 5.00. The number of nitrogens with one attached hydrogen (secondary N) is 1. The highest BCUT2D eigenvalue weighted by Crippen LogP contribution is 2.41. The fourth-order valence-corrected chi connectivity index (χ4v) is 5.06. The maximum atomic E-state index is 13.7. The van der Waals surface area contributed by atoms with Crippen LogP contribution in [0.15, 0.2) is 48.5 Å². The summed E-state index contributed by atoms with van der Waals surface area (Å²) in [6.45, 7) is 0.617. The highest BCUT2D eigenvalue weighted by atomic mass is 32.1. The molecule has 1 heterocycles. The molecule has 1 aliphatic rings. The van der Waals surface area contributed by atoms with Gasteiger partial charge in [0.2, 0.25) is 5.91 Å². The molecule has 1 amide bonds. The van der Waals surface area contributed by atoms with Gasteiger partial charge >= 0.3 is 0 Å². The lowest BCUT2D eigenvalue weighted by atomic mass is 9.78. The van der Waals surface area contributed by atoms with E-state index in [1.165, 1.54) is 16.8 Å². The fourth-order valence-electron chi connectivity index (χ4n) is 4.05. The maximum Gasteiger partial charge on any atom is 0.230 e. The lowest BCUT2D eigenvalue weighted by Gasteiger charge is -2.28. The molecule has 0 saturated heterocycles. The van der Waals surface area contributed by atoms with Gasteiger partial charge in [0.1, 0.15) is 5.82 Å². The van der Waals surface area contributed by atoms with Crippen molar-refractivity contribution in [3.05, 3.63) is 64.9 Å². The number of aromatic nitrogens is 1. The molecule has 2 aromatic carbocycles. The summed E-state index contributed by atoms with van der Waals surface area (Å²) in [7, 11) is 0. The van der Waals surface area contributed by atoms with Crippen molar-refractivity contribution in [3.63, 3.8) is 0 Å². The topological polar surface area (TPSA) is 42.0 Å². The smallest absolute Gasteiger partial charge is 0.230 e. The number of para-hydroxylation sites is 1. The number of fused-ring (bicyclic) bond motifs is 1. The molecule has 0 unspecified atom stereocenters. The molecular formula is C22H23FN2OS. The van der Waals surface area contributed by atoms with Gasteiger partial charge in [0, 0.05) is 13.0 Å². The first kappa shape index (κ1) is 18.1. The molecule has 140 valence electrons. The largest absolute Gasteiger partial charge is 0.355 e. The summed E-state index contributed by atoms with van der Waals surface area (Å²) in [6.07, 6.45) is 5.31. The zero-order valence-electron chi connectivity index (χ0n) is 15.2. The van der Waals surface area contributed by atoms with Crippen LogP contribution in [0.2, 0.25) is 0 Å². The summed E-state index contributed by atoms with van der Waals surface area (Å²) < 4.78 is 14.9. The third-order valence-corrected chi connectivity index (χ3v) is 6.56. The lowest BCUT2D eigenvalue weighted by molar-refractivity contribution is -0.126. The minimum atomic E-state index is -0.571. The molecule has 0 spiro atoms. The number of rotatable bonds is 6. The average Bonchev–Trinajstić information content (AvgIpc) is 3.32. The fraction of sp³-hybridized carbons (Fsp3) is 0.364. The molecule has 0 aliphatic heterocycles. The van der Waals surface area contributed by atoms with Gasteiger partial charge in [-0.3, -0.25) is 4.79 Å². The molecule has 1 fully saturated rings. The molecular weight excluding hydrogens is 359 g/mol. The molecule has 3 aromatic rings. The molecule has 3 nitrogen and oxygen atoms in total. The van der Waals surface area contributed by atoms with Gasteiger partial charge < -0.3 is 5.32 Å². The van der Waals surface area contributed by atoms with Crippen LogP contribution in [0.4, 0.5) is 4.39 Å². The van der Waals surface area contributed by atoms with Gasteiger partial charge in [0.25, 0.3) is 0 Å². The third kappa shape index (κ3) is 3.74. The van der Waals surface area contributed by atoms with Gasteiger partial charge in [0.15, 0.2) is 0 Å². The van der Waals surface area contributed by atoms with E-state index in [9.17, 15) is 9.18 Å². The summed E-state index contributed by atoms with van der Waals surface area (Å²) in [5.74, 6) is -0.239. The zero-order valence-corrected chi connectivity index (χ0v) is 16.0. The van der Waals surface area contributed by atoms with E-state index in [0.29, 0.717) is 6.54 Å². The third-order valence-electron chi connectivity index (χ3n) is 5.46. The molecule has 0 atom stereocenters. The Labute approximate surface area is 162 Å². The second-order valence-corrected chi connectivity index (χ2v) is 8.35. The molecule has 27 heavy (non-hydrogen) atoms. The van der Waals surface area contributed by atoms with Crippen LogP contribution in [-0.2, 0) is 16.6 Å². The number of halogens is 1. The van der Waals surface area contributed by atoms with Crippen molar-refractivity contribution in [2.75, 3.05) is 6.54 Å². The average molecular weight is 383 g/mol. The van der Waals surface area contributed by atoms with Crippen LogP contribution in [0, 0.1) is 5.82 Å². The summed E-state index contributed by atoms with van der Waals surface area (Å²) in [5.41, 5.74) is 1.28. The Balaban J connectivity index is 1.37. The minimum Gasteiger partial charge on any atom is -0.355 e. The number of hydrogen-bond acceptors (Lipinski definition) is 3. The Morgan fingerprint density at radius 1 is 1.15 bits per heavy atom. The predicted molar refractivity (Wildman–Crippen MR) is 107 cm³/mol. The van der Waals surface area contributed by atoms with E-state index in [4.69, 9.17) is 0 Å². The van der Waals surface area contributed by atoms with Crippen LogP contribution < -0.4 is 5.32 Å². The Hall–Kier alpha value is -2.27. The minimum absolute atomic E-state index is 0.0369. The Morgan fingerprint density at radius 3 is 2.74 bits per heavy atom. The highest BCUT2D eigenvalue weighted by molar-refractivity contribution is 7.18. The lowest BCUT2D eigenvalue weighted by Crippen LogP contribution is -2.43. The van der Waals surface area contributed by atoms with Crippen LogP contribution in [-0.4, -0.2) is 17.4 Å². The second kappa shape index (κ2) is 7.77. The first-order valence-corrected chi connectivity index (χ1v) is 10.4. The first-order chi connectivity index (χ1) is 13.2. The van der Waals surface area contributed by atoms with Crippen LogP contribution >= 0.6 is 11.3 Å². The molecule has 0 radical (unpaired) electrons. The van der Waals surface area contributed by atoms with Gasteiger partial charge in [0.05, 0.1) is 20.6 Å². The number of carbonyl (C=O) groups is 1. The van der Waals surface area contributed by atoms with Crippen molar-refractivity contribution in [2.45, 2.75) is 43.9 Å². The number of hydrogen-bond donors (Lipinski definition) is 1. The van der Waals surface area contributed by atoms with Gasteiger partial charge in [-0.1, -0.05) is 37.1 Å². The first-order valence-electron chi connectivity index (χ1n) is 9.56. The van der Waals surface area contributed by atoms with Crippen LogP contribution in [0.3, 0.4) is 0 Å². The molecule has 5 heteroatoms. The Bertz CT molecular complexity index is 913. The monoisotopic (exact) mass is 382 g/mol. The van der Waals surface area contributed by atoms with E-state index < -0.39 is 5.41 Å². The second-order valence-electron chi connectivity index (χ2n) is 7.23. The number of aryl methyl sites for hydroxylation is 1. The molecule has 4 rings (SSSR count). The van der Waals surface area contributed by atoms with Crippen LogP contribution in [0.1, 0.15) is 42.7 Å².